The fraction of sp³-hybridized carbons (Fsp3) is 0.310. The molecule has 0 heterocycles. The van der Waals surface area contributed by atoms with Crippen molar-refractivity contribution < 1.29 is 41.8 Å². The maximum absolute atomic E-state index is 13.5. The van der Waals surface area contributed by atoms with Crippen LogP contribution >= 0.6 is 31.9 Å². The highest BCUT2D eigenvalue weighted by molar-refractivity contribution is 9.10. The van der Waals surface area contributed by atoms with Gasteiger partial charge in [-0.05, 0) is 135 Å². The van der Waals surface area contributed by atoms with Crippen molar-refractivity contribution in [1.82, 2.24) is 16.0 Å². The second-order valence-electron chi connectivity index (χ2n) is 15.5. The van der Waals surface area contributed by atoms with Crippen LogP contribution in [0.1, 0.15) is 115 Å². The van der Waals surface area contributed by atoms with Gasteiger partial charge in [-0.1, -0.05) is 37.9 Å². The van der Waals surface area contributed by atoms with Crippen molar-refractivity contribution in [3.05, 3.63) is 138 Å². The van der Waals surface area contributed by atoms with Crippen molar-refractivity contribution in [2.75, 3.05) is 0 Å². The summed E-state index contributed by atoms with van der Waals surface area (Å²) >= 11 is 6.15. The number of halogens is 6. The van der Waals surface area contributed by atoms with Gasteiger partial charge in [-0.15, -0.1) is 0 Å². The average molecular weight is 938 g/mol. The molecule has 0 unspecified atom stereocenters. The zero-order valence-corrected chi connectivity index (χ0v) is 36.7. The smallest absolute Gasteiger partial charge is 0.338 e. The van der Waals surface area contributed by atoms with Crippen molar-refractivity contribution in [3.8, 4) is 6.07 Å². The van der Waals surface area contributed by atoms with Crippen LogP contribution in [0.4, 0.5) is 17.6 Å². The molecule has 0 aliphatic heterocycles. The third-order valence-corrected chi connectivity index (χ3v) is 7.65. The number of nitrogens with one attached hydrogen (secondary N) is 3. The number of nitriles is 1. The van der Waals surface area contributed by atoms with Crippen LogP contribution in [0.2, 0.25) is 0 Å². The highest BCUT2D eigenvalue weighted by Gasteiger charge is 2.20. The first kappa shape index (κ1) is 50.9. The first-order chi connectivity index (χ1) is 26.6. The number of carboxylic acids is 1. The van der Waals surface area contributed by atoms with Gasteiger partial charge in [0, 0.05) is 32.1 Å². The van der Waals surface area contributed by atoms with E-state index in [2.05, 4.69) is 47.8 Å². The summed E-state index contributed by atoms with van der Waals surface area (Å²) in [4.78, 5) is 45.2. The van der Waals surface area contributed by atoms with Gasteiger partial charge in [-0.2, -0.15) is 5.26 Å². The Kier molecular flexibility index (Phi) is 19.4. The molecule has 0 atom stereocenters. The monoisotopic (exact) mass is 935 g/mol. The minimum atomic E-state index is -1.25. The Morgan fingerprint density at radius 3 is 1.21 bits per heavy atom. The van der Waals surface area contributed by atoms with Crippen LogP contribution in [0.25, 0.3) is 0 Å². The van der Waals surface area contributed by atoms with Crippen molar-refractivity contribution in [2.45, 2.75) is 85.5 Å². The summed E-state index contributed by atoms with van der Waals surface area (Å²) < 4.78 is 54.2. The van der Waals surface area contributed by atoms with Crippen molar-refractivity contribution in [1.29, 1.82) is 5.26 Å². The molecule has 6 N–H and O–H groups in total. The molecule has 4 aromatic carbocycles. The largest absolute Gasteiger partial charge is 0.478 e. The van der Waals surface area contributed by atoms with E-state index in [0.29, 0.717) is 14.5 Å². The Morgan fingerprint density at radius 2 is 0.914 bits per heavy atom. The van der Waals surface area contributed by atoms with Gasteiger partial charge in [-0.25, -0.2) is 22.4 Å². The van der Waals surface area contributed by atoms with Gasteiger partial charge < -0.3 is 26.8 Å². The Bertz CT molecular complexity index is 2140. The molecular formula is C42H47Br2F4N5O5. The second-order valence-corrected chi connectivity index (χ2v) is 17.3. The highest BCUT2D eigenvalue weighted by Crippen LogP contribution is 2.17. The summed E-state index contributed by atoms with van der Waals surface area (Å²) in [7, 11) is 0. The molecule has 0 aliphatic carbocycles. The van der Waals surface area contributed by atoms with E-state index in [1.54, 1.807) is 12.1 Å². The Labute approximate surface area is 352 Å². The lowest BCUT2D eigenvalue weighted by molar-refractivity contribution is 0.0690. The molecule has 0 saturated carbocycles. The Morgan fingerprint density at radius 1 is 0.586 bits per heavy atom. The number of carbonyl (C=O) groups is 4. The van der Waals surface area contributed by atoms with Crippen LogP contribution in [-0.4, -0.2) is 45.4 Å². The van der Waals surface area contributed by atoms with Crippen LogP contribution in [0.5, 0.6) is 0 Å². The summed E-state index contributed by atoms with van der Waals surface area (Å²) in [6.45, 7) is 16.8. The summed E-state index contributed by atoms with van der Waals surface area (Å²) in [5, 5.41) is 25.0. The molecule has 4 rings (SSSR count). The van der Waals surface area contributed by atoms with E-state index in [1.807, 2.05) is 68.4 Å². The van der Waals surface area contributed by atoms with Crippen LogP contribution in [0, 0.1) is 34.6 Å². The van der Waals surface area contributed by atoms with Crippen molar-refractivity contribution >= 4 is 55.6 Å². The van der Waals surface area contributed by atoms with Crippen LogP contribution in [0.15, 0.2) is 81.7 Å². The number of aromatic carboxylic acids is 1. The molecule has 4 aromatic rings. The fourth-order valence-corrected chi connectivity index (χ4v) is 4.87. The number of hydrogen-bond donors (Lipinski definition) is 5. The van der Waals surface area contributed by atoms with E-state index < -0.39 is 52.5 Å². The first-order valence-electron chi connectivity index (χ1n) is 17.4. The highest BCUT2D eigenvalue weighted by atomic mass is 79.9. The van der Waals surface area contributed by atoms with E-state index >= 15 is 0 Å². The zero-order chi connectivity index (χ0) is 44.8. The minimum absolute atomic E-state index is 0.0473. The third kappa shape index (κ3) is 18.9. The van der Waals surface area contributed by atoms with Gasteiger partial charge >= 0.3 is 5.97 Å². The van der Waals surface area contributed by atoms with Gasteiger partial charge in [-0.3, -0.25) is 14.4 Å². The third-order valence-electron chi connectivity index (χ3n) is 6.66. The molecule has 0 fully saturated rings. The van der Waals surface area contributed by atoms with E-state index in [0.717, 1.165) is 12.1 Å². The van der Waals surface area contributed by atoms with E-state index in [9.17, 15) is 36.7 Å². The topological polar surface area (TPSA) is 174 Å². The maximum Gasteiger partial charge on any atom is 0.338 e. The van der Waals surface area contributed by atoms with Gasteiger partial charge in [0.25, 0.3) is 17.7 Å². The van der Waals surface area contributed by atoms with Crippen molar-refractivity contribution in [2.24, 2.45) is 5.73 Å². The average Bonchev–Trinajstić information content (AvgIpc) is 3.06. The lowest BCUT2D eigenvalue weighted by atomic mass is 10.1. The van der Waals surface area contributed by atoms with Gasteiger partial charge in [0.15, 0.2) is 0 Å². The summed E-state index contributed by atoms with van der Waals surface area (Å²) in [6.07, 6.45) is 0. The predicted octanol–water partition coefficient (Wildman–Crippen LogP) is 9.44. The Balaban J connectivity index is 0.000000390. The second kappa shape index (κ2) is 22.2. The van der Waals surface area contributed by atoms with E-state index in [1.165, 1.54) is 48.5 Å². The van der Waals surface area contributed by atoms with Crippen molar-refractivity contribution in [3.63, 3.8) is 0 Å². The molecule has 0 spiro atoms. The van der Waals surface area contributed by atoms with E-state index in [-0.39, 0.29) is 45.4 Å². The molecule has 0 aromatic heterocycles. The number of nitrogens with two attached hydrogens (primary N) is 1. The molecule has 0 saturated heterocycles. The molecule has 10 nitrogen and oxygen atoms in total. The van der Waals surface area contributed by atoms with E-state index in [4.69, 9.17) is 16.1 Å². The number of hydrogen-bond acceptors (Lipinski definition) is 6. The lowest BCUT2D eigenvalue weighted by Crippen LogP contribution is -2.40. The SMILES string of the molecule is CC(C)(C)NC(=O)c1ccc(Br)cc1F.CC(C)(C)NC(=O)c1ccc(C#N)cc1F.CC(C)(C)NC(=O)c1ccc(CN)cc1F.O=C(O)c1ccc(Br)cc1F. The Hall–Kier alpha value is -5.11. The molecule has 0 aliphatic rings. The number of carbonyl (C=O) groups excluding carboxylic acids is 3. The number of carboxylic acid groups (broad SMARTS) is 1. The maximum atomic E-state index is 13.5. The van der Waals surface area contributed by atoms with Gasteiger partial charge in [0.2, 0.25) is 0 Å². The number of nitrogens with zero attached hydrogens (tertiary/aromatic N) is 1. The normalized spacial score (nSPS) is 10.8. The quantitative estimate of drug-likeness (QED) is 0.124. The summed E-state index contributed by atoms with van der Waals surface area (Å²) in [5.41, 5.74) is 4.84. The standard InChI is InChI=1S/C12H17FN2O.C12H13FN2O.C11H13BrFNO.C7H4BrFO2/c2*1-12(2,3)15-11(16)9-5-4-8(7-14)6-10(9)13;1-11(2,3)14-10(15)8-5-4-7(12)6-9(8)13;8-4-1-2-5(7(10)11)6(9)3-4/h4-6H,7,14H2,1-3H3,(H,15,16);4-6H,1-3H3,(H,15,16);4-6H,1-3H3,(H,14,15);1-3H,(H,10,11). The molecule has 16 heteroatoms. The van der Waals surface area contributed by atoms with Gasteiger partial charge in [0.1, 0.15) is 23.3 Å². The van der Waals surface area contributed by atoms with Crippen LogP contribution in [0.3, 0.4) is 0 Å². The van der Waals surface area contributed by atoms with Crippen LogP contribution < -0.4 is 21.7 Å². The minimum Gasteiger partial charge on any atom is -0.478 e. The zero-order valence-electron chi connectivity index (χ0n) is 33.5. The molecule has 312 valence electrons. The molecule has 0 bridgehead atoms. The lowest BCUT2D eigenvalue weighted by Gasteiger charge is -2.20. The molecule has 0 radical (unpaired) electrons. The predicted molar refractivity (Wildman–Crippen MR) is 222 cm³/mol. The summed E-state index contributed by atoms with van der Waals surface area (Å²) in [5.74, 6) is -5.01. The number of amides is 3. The molecule has 58 heavy (non-hydrogen) atoms. The van der Waals surface area contributed by atoms with Gasteiger partial charge in [0.05, 0.1) is 33.9 Å². The number of rotatable bonds is 5. The summed E-state index contributed by atoms with van der Waals surface area (Å²) in [6, 6.07) is 18.2. The van der Waals surface area contributed by atoms with Crippen LogP contribution in [-0.2, 0) is 6.54 Å². The fourth-order valence-electron chi connectivity index (χ4n) is 4.20. The molecular weight excluding hydrogens is 890 g/mol. The number of benzene rings is 4. The molecule has 3 amide bonds. The first-order valence-corrected chi connectivity index (χ1v) is 18.9.